The van der Waals surface area contributed by atoms with Gasteiger partial charge in [-0.15, -0.1) is 6.42 Å². The highest BCUT2D eigenvalue weighted by Crippen LogP contribution is 2.29. The summed E-state index contributed by atoms with van der Waals surface area (Å²) < 4.78 is 32.2. The molecule has 2 amide bonds. The van der Waals surface area contributed by atoms with Crippen molar-refractivity contribution in [2.45, 2.75) is 32.9 Å². The van der Waals surface area contributed by atoms with Crippen LogP contribution >= 0.6 is 22.9 Å². The zero-order valence-electron chi connectivity index (χ0n) is 16.3. The second-order valence-corrected chi connectivity index (χ2v) is 8.18. The number of hydrogen-bond acceptors (Lipinski definition) is 6. The van der Waals surface area contributed by atoms with Crippen molar-refractivity contribution < 1.29 is 27.9 Å². The Hall–Kier alpha value is -2.74. The lowest BCUT2D eigenvalue weighted by atomic mass is 10.2. The molecule has 0 bridgehead atoms. The van der Waals surface area contributed by atoms with E-state index in [4.69, 9.17) is 27.6 Å². The molecule has 7 nitrogen and oxygen atoms in total. The largest absolute Gasteiger partial charge is 0.444 e. The highest BCUT2D eigenvalue weighted by atomic mass is 35.5. The second kappa shape index (κ2) is 9.84. The number of amides is 2. The molecule has 1 aromatic carbocycles. The number of nitrogens with zero attached hydrogens (tertiary/aromatic N) is 2. The summed E-state index contributed by atoms with van der Waals surface area (Å²) in [6.07, 6.45) is 4.39. The number of carbonyl (C=O) groups excluding carboxylic acids is 2. The van der Waals surface area contributed by atoms with Crippen molar-refractivity contribution >= 4 is 40.1 Å². The molecule has 11 heteroatoms. The maximum atomic E-state index is 14.0. The van der Waals surface area contributed by atoms with Crippen LogP contribution in [-0.4, -0.2) is 34.3 Å². The Morgan fingerprint density at radius 2 is 2.07 bits per heavy atom. The number of hydroxylamine groups is 2. The smallest absolute Gasteiger partial charge is 0.413 e. The average Bonchev–Trinajstić information content (AvgIpc) is 2.98. The van der Waals surface area contributed by atoms with Crippen molar-refractivity contribution in [2.75, 3.05) is 11.9 Å². The molecule has 2 rings (SSSR count). The minimum absolute atomic E-state index is 0.00508. The van der Waals surface area contributed by atoms with E-state index in [1.54, 1.807) is 20.8 Å². The average molecular weight is 458 g/mol. The summed E-state index contributed by atoms with van der Waals surface area (Å²) in [5.74, 6) is -0.200. The summed E-state index contributed by atoms with van der Waals surface area (Å²) in [5.41, 5.74) is -0.738. The van der Waals surface area contributed by atoms with E-state index in [9.17, 15) is 18.4 Å². The first kappa shape index (κ1) is 23.5. The van der Waals surface area contributed by atoms with E-state index in [-0.39, 0.29) is 33.9 Å². The van der Waals surface area contributed by atoms with Crippen LogP contribution in [0.1, 0.15) is 36.0 Å². The highest BCUT2D eigenvalue weighted by Gasteiger charge is 2.26. The van der Waals surface area contributed by atoms with Crippen LogP contribution in [0.4, 0.5) is 18.7 Å². The number of halogens is 3. The molecule has 2 aromatic rings. The molecule has 1 aromatic heterocycles. The number of ether oxygens (including phenoxy) is 1. The van der Waals surface area contributed by atoms with Crippen molar-refractivity contribution in [1.82, 2.24) is 10.0 Å². The maximum Gasteiger partial charge on any atom is 0.413 e. The molecule has 0 radical (unpaired) electrons. The van der Waals surface area contributed by atoms with E-state index >= 15 is 0 Å². The fourth-order valence-electron chi connectivity index (χ4n) is 2.09. The molecule has 0 fully saturated rings. The number of hydrogen-bond donors (Lipinski definition) is 1. The Morgan fingerprint density at radius 1 is 1.37 bits per heavy atom. The third-order valence-electron chi connectivity index (χ3n) is 3.25. The minimum atomic E-state index is -0.861. The van der Waals surface area contributed by atoms with Gasteiger partial charge in [-0.1, -0.05) is 34.9 Å². The lowest BCUT2D eigenvalue weighted by Gasteiger charge is -2.20. The van der Waals surface area contributed by atoms with Crippen LogP contribution in [0, 0.1) is 24.0 Å². The summed E-state index contributed by atoms with van der Waals surface area (Å²) in [4.78, 5) is 33.8. The zero-order chi connectivity index (χ0) is 22.5. The monoisotopic (exact) mass is 457 g/mol. The van der Waals surface area contributed by atoms with Crippen LogP contribution in [0.2, 0.25) is 5.15 Å². The van der Waals surface area contributed by atoms with Gasteiger partial charge in [-0.05, 0) is 26.8 Å². The SMILES string of the molecule is C#CCON(Cc1ccc(F)cc1F)C(=O)c1sc(NC(=O)OC(C)(C)C)nc1Cl. The van der Waals surface area contributed by atoms with E-state index in [1.165, 1.54) is 6.07 Å². The number of rotatable bonds is 6. The number of thiazole rings is 1. The molecule has 160 valence electrons. The molecule has 0 unspecified atom stereocenters. The summed E-state index contributed by atoms with van der Waals surface area (Å²) in [6, 6.07) is 2.90. The van der Waals surface area contributed by atoms with Gasteiger partial charge in [-0.3, -0.25) is 14.9 Å². The number of terminal acetylenes is 1. The van der Waals surface area contributed by atoms with Gasteiger partial charge in [0.2, 0.25) is 0 Å². The first-order chi connectivity index (χ1) is 14.0. The number of nitrogens with one attached hydrogen (secondary N) is 1. The summed E-state index contributed by atoms with van der Waals surface area (Å²) in [5, 5.41) is 2.97. The standard InChI is InChI=1S/C19H18ClF2N3O4S/c1-5-8-28-25(10-11-6-7-12(21)9-13(11)22)16(26)14-15(20)23-17(30-14)24-18(27)29-19(2,3)4/h1,6-7,9H,8,10H2,2-4H3,(H,23,24,27). The van der Waals surface area contributed by atoms with Gasteiger partial charge in [0.05, 0.1) is 6.54 Å². The van der Waals surface area contributed by atoms with Gasteiger partial charge in [-0.2, -0.15) is 0 Å². The van der Waals surface area contributed by atoms with Gasteiger partial charge in [0.1, 0.15) is 28.7 Å². The van der Waals surface area contributed by atoms with Crippen molar-refractivity contribution in [3.8, 4) is 12.3 Å². The lowest BCUT2D eigenvalue weighted by molar-refractivity contribution is -0.116. The second-order valence-electron chi connectivity index (χ2n) is 6.82. The van der Waals surface area contributed by atoms with Gasteiger partial charge in [0, 0.05) is 11.6 Å². The van der Waals surface area contributed by atoms with Crippen molar-refractivity contribution in [1.29, 1.82) is 0 Å². The quantitative estimate of drug-likeness (QED) is 0.505. The van der Waals surface area contributed by atoms with E-state index in [0.29, 0.717) is 6.07 Å². The van der Waals surface area contributed by atoms with Gasteiger partial charge in [0.15, 0.2) is 10.3 Å². The van der Waals surface area contributed by atoms with Gasteiger partial charge in [-0.25, -0.2) is 23.6 Å². The van der Waals surface area contributed by atoms with Crippen LogP contribution in [0.15, 0.2) is 18.2 Å². The Bertz CT molecular complexity index is 985. The normalized spacial score (nSPS) is 11.0. The molecule has 0 saturated heterocycles. The Labute approximate surface area is 180 Å². The minimum Gasteiger partial charge on any atom is -0.444 e. The topological polar surface area (TPSA) is 80.8 Å². The first-order valence-corrected chi connectivity index (χ1v) is 9.68. The molecule has 0 spiro atoms. The molecule has 0 saturated carbocycles. The van der Waals surface area contributed by atoms with Crippen LogP contribution in [0.25, 0.3) is 0 Å². The maximum absolute atomic E-state index is 14.0. The van der Waals surface area contributed by atoms with E-state index < -0.39 is 29.2 Å². The molecule has 30 heavy (non-hydrogen) atoms. The van der Waals surface area contributed by atoms with Crippen molar-refractivity contribution in [2.24, 2.45) is 0 Å². The number of benzene rings is 1. The zero-order valence-corrected chi connectivity index (χ0v) is 17.9. The molecule has 0 aliphatic rings. The summed E-state index contributed by atoms with van der Waals surface area (Å²) in [7, 11) is 0. The Balaban J connectivity index is 2.22. The summed E-state index contributed by atoms with van der Waals surface area (Å²) >= 11 is 6.80. The highest BCUT2D eigenvalue weighted by molar-refractivity contribution is 7.18. The molecule has 0 atom stereocenters. The number of anilines is 1. The predicted octanol–water partition coefficient (Wildman–Crippen LogP) is 4.63. The van der Waals surface area contributed by atoms with E-state index in [2.05, 4.69) is 16.2 Å². The lowest BCUT2D eigenvalue weighted by Crippen LogP contribution is -2.31. The van der Waals surface area contributed by atoms with E-state index in [1.807, 2.05) is 0 Å². The third-order valence-corrected chi connectivity index (χ3v) is 4.59. The number of aromatic nitrogens is 1. The molecule has 0 aliphatic heterocycles. The predicted molar refractivity (Wildman–Crippen MR) is 108 cm³/mol. The number of carbonyl (C=O) groups is 2. The molecule has 1 heterocycles. The Kier molecular flexibility index (Phi) is 7.72. The van der Waals surface area contributed by atoms with Crippen LogP contribution in [0.3, 0.4) is 0 Å². The van der Waals surface area contributed by atoms with Gasteiger partial charge in [0.25, 0.3) is 5.91 Å². The van der Waals surface area contributed by atoms with Crippen molar-refractivity contribution in [3.05, 3.63) is 45.4 Å². The third kappa shape index (κ3) is 6.66. The van der Waals surface area contributed by atoms with E-state index in [0.717, 1.165) is 22.5 Å². The fraction of sp³-hybridized carbons (Fsp3) is 0.316. The van der Waals surface area contributed by atoms with Crippen LogP contribution in [0.5, 0.6) is 0 Å². The Morgan fingerprint density at radius 3 is 2.67 bits per heavy atom. The fourth-order valence-corrected chi connectivity index (χ4v) is 3.20. The molecule has 1 N–H and O–H groups in total. The molecule has 0 aliphatic carbocycles. The first-order valence-electron chi connectivity index (χ1n) is 8.48. The summed E-state index contributed by atoms with van der Waals surface area (Å²) in [6.45, 7) is 4.41. The van der Waals surface area contributed by atoms with Crippen molar-refractivity contribution in [3.63, 3.8) is 0 Å². The molecular formula is C19H18ClF2N3O4S. The van der Waals surface area contributed by atoms with Crippen LogP contribution in [-0.2, 0) is 16.1 Å². The van der Waals surface area contributed by atoms with Gasteiger partial charge >= 0.3 is 6.09 Å². The van der Waals surface area contributed by atoms with Gasteiger partial charge < -0.3 is 4.74 Å². The van der Waals surface area contributed by atoms with Crippen LogP contribution < -0.4 is 5.32 Å². The molecular weight excluding hydrogens is 440 g/mol.